The molecular formula is C18H13F6N3O2S. The van der Waals surface area contributed by atoms with Crippen LogP contribution in [0.2, 0.25) is 0 Å². The monoisotopic (exact) mass is 449 g/mol. The fraction of sp³-hybridized carbons (Fsp3) is 0.278. The smallest absolute Gasteiger partial charge is 0.434 e. The lowest BCUT2D eigenvalue weighted by molar-refractivity contribution is -0.143. The van der Waals surface area contributed by atoms with E-state index < -0.39 is 35.1 Å². The molecule has 0 aliphatic carbocycles. The summed E-state index contributed by atoms with van der Waals surface area (Å²) < 4.78 is 84.3. The number of benzene rings is 1. The normalized spacial score (nSPS) is 12.2. The fourth-order valence-electron chi connectivity index (χ4n) is 2.67. The highest BCUT2D eigenvalue weighted by Gasteiger charge is 2.41. The zero-order chi connectivity index (χ0) is 22.1. The summed E-state index contributed by atoms with van der Waals surface area (Å²) in [6.07, 6.45) is -8.70. The van der Waals surface area contributed by atoms with Gasteiger partial charge in [-0.05, 0) is 18.6 Å². The summed E-state index contributed by atoms with van der Waals surface area (Å²) in [5.74, 6) is -1.17. The summed E-state index contributed by atoms with van der Waals surface area (Å²) in [5, 5.41) is 4.86. The van der Waals surface area contributed by atoms with Crippen molar-refractivity contribution in [1.29, 1.82) is 0 Å². The summed E-state index contributed by atoms with van der Waals surface area (Å²) in [6.45, 7) is 1.34. The minimum absolute atomic E-state index is 0.0201. The molecule has 5 nitrogen and oxygen atoms in total. The number of ether oxygens (including phenoxy) is 1. The zero-order valence-corrected chi connectivity index (χ0v) is 16.0. The van der Waals surface area contributed by atoms with Crippen molar-refractivity contribution in [2.75, 3.05) is 6.61 Å². The Morgan fingerprint density at radius 2 is 1.90 bits per heavy atom. The van der Waals surface area contributed by atoms with Crippen molar-refractivity contribution in [1.82, 2.24) is 14.8 Å². The third kappa shape index (κ3) is 4.64. The van der Waals surface area contributed by atoms with Crippen LogP contribution in [-0.2, 0) is 23.5 Å². The topological polar surface area (TPSA) is 57.0 Å². The Morgan fingerprint density at radius 3 is 2.53 bits per heavy atom. The van der Waals surface area contributed by atoms with Gasteiger partial charge in [-0.25, -0.2) is 14.5 Å². The molecule has 0 radical (unpaired) electrons. The van der Waals surface area contributed by atoms with Gasteiger partial charge in [-0.1, -0.05) is 18.2 Å². The molecule has 12 heteroatoms. The van der Waals surface area contributed by atoms with Crippen molar-refractivity contribution < 1.29 is 35.9 Å². The number of aromatic nitrogens is 3. The molecule has 2 aromatic heterocycles. The third-order valence-electron chi connectivity index (χ3n) is 3.89. The van der Waals surface area contributed by atoms with Crippen molar-refractivity contribution in [2.45, 2.75) is 25.7 Å². The molecule has 0 N–H and O–H groups in total. The number of halogens is 6. The quantitative estimate of drug-likeness (QED) is 0.400. The Hall–Kier alpha value is -2.89. The molecule has 0 unspecified atom stereocenters. The standard InChI is InChI=1S/C18H13F6N3O2S/c1-2-29-15(28)13-8-25-27(14(13)18(22,23)24)16-26-12(9-30-16)7-10-4-3-5-11(6-10)17(19,20)21/h3-6,8-9H,2,7H2,1H3. The second kappa shape index (κ2) is 8.09. The number of carbonyl (C=O) groups excluding carboxylic acids is 1. The lowest BCUT2D eigenvalue weighted by Crippen LogP contribution is -2.18. The molecule has 0 amide bonds. The van der Waals surface area contributed by atoms with E-state index in [1.165, 1.54) is 24.4 Å². The minimum Gasteiger partial charge on any atom is -0.462 e. The predicted molar refractivity (Wildman–Crippen MR) is 94.4 cm³/mol. The Morgan fingerprint density at radius 1 is 1.17 bits per heavy atom. The number of hydrogen-bond acceptors (Lipinski definition) is 5. The van der Waals surface area contributed by atoms with E-state index in [1.54, 1.807) is 0 Å². The molecule has 1 aromatic carbocycles. The molecule has 3 rings (SSSR count). The first-order valence-corrected chi connectivity index (χ1v) is 9.32. The van der Waals surface area contributed by atoms with Gasteiger partial charge in [-0.3, -0.25) is 0 Å². The van der Waals surface area contributed by atoms with Gasteiger partial charge in [0.1, 0.15) is 5.56 Å². The number of thiazole rings is 1. The van der Waals surface area contributed by atoms with Crippen LogP contribution in [0.3, 0.4) is 0 Å². The number of alkyl halides is 6. The molecule has 3 aromatic rings. The maximum atomic E-state index is 13.5. The SMILES string of the molecule is CCOC(=O)c1cnn(-c2nc(Cc3cccc(C(F)(F)F)c3)cs2)c1C(F)(F)F. The van der Waals surface area contributed by atoms with Crippen LogP contribution >= 0.6 is 11.3 Å². The van der Waals surface area contributed by atoms with E-state index in [1.807, 2.05) is 0 Å². The van der Waals surface area contributed by atoms with E-state index in [9.17, 15) is 31.1 Å². The summed E-state index contributed by atoms with van der Waals surface area (Å²) in [6, 6.07) is 4.58. The summed E-state index contributed by atoms with van der Waals surface area (Å²) in [4.78, 5) is 15.9. The van der Waals surface area contributed by atoms with E-state index in [0.717, 1.165) is 29.7 Å². The number of esters is 1. The van der Waals surface area contributed by atoms with Crippen molar-refractivity contribution in [3.8, 4) is 5.13 Å². The van der Waals surface area contributed by atoms with Crippen LogP contribution in [0.5, 0.6) is 0 Å². The van der Waals surface area contributed by atoms with Gasteiger partial charge >= 0.3 is 18.3 Å². The largest absolute Gasteiger partial charge is 0.462 e. The molecule has 0 spiro atoms. The van der Waals surface area contributed by atoms with Gasteiger partial charge in [-0.2, -0.15) is 31.4 Å². The highest BCUT2D eigenvalue weighted by Crippen LogP contribution is 2.35. The van der Waals surface area contributed by atoms with E-state index >= 15 is 0 Å². The minimum atomic E-state index is -4.91. The average Bonchev–Trinajstić information content (AvgIpc) is 3.28. The van der Waals surface area contributed by atoms with Gasteiger partial charge in [0.2, 0.25) is 5.13 Å². The molecule has 30 heavy (non-hydrogen) atoms. The van der Waals surface area contributed by atoms with Gasteiger partial charge in [0.05, 0.1) is 24.1 Å². The predicted octanol–water partition coefficient (Wildman–Crippen LogP) is 5.13. The van der Waals surface area contributed by atoms with Crippen LogP contribution in [0, 0.1) is 0 Å². The van der Waals surface area contributed by atoms with Crippen molar-refractivity contribution in [3.63, 3.8) is 0 Å². The molecule has 0 fully saturated rings. The lowest BCUT2D eigenvalue weighted by Gasteiger charge is -2.10. The highest BCUT2D eigenvalue weighted by molar-refractivity contribution is 7.12. The summed E-state index contributed by atoms with van der Waals surface area (Å²) >= 11 is 0.815. The molecule has 0 saturated carbocycles. The first kappa shape index (κ1) is 21.8. The molecule has 0 bridgehead atoms. The second-order valence-electron chi connectivity index (χ2n) is 6.03. The first-order chi connectivity index (χ1) is 14.0. The number of nitrogens with zero attached hydrogens (tertiary/aromatic N) is 3. The first-order valence-electron chi connectivity index (χ1n) is 8.44. The summed E-state index contributed by atoms with van der Waals surface area (Å²) in [7, 11) is 0. The van der Waals surface area contributed by atoms with E-state index in [2.05, 4.69) is 14.8 Å². The van der Waals surface area contributed by atoms with E-state index in [-0.39, 0.29) is 23.9 Å². The van der Waals surface area contributed by atoms with Crippen LogP contribution in [0.25, 0.3) is 5.13 Å². The number of carbonyl (C=O) groups is 1. The van der Waals surface area contributed by atoms with Crippen molar-refractivity contribution in [3.05, 3.63) is 63.9 Å². The summed E-state index contributed by atoms with van der Waals surface area (Å²) in [5.41, 5.74) is -2.36. The average molecular weight is 449 g/mol. The molecule has 2 heterocycles. The molecule has 0 saturated heterocycles. The van der Waals surface area contributed by atoms with Crippen LogP contribution in [0.4, 0.5) is 26.3 Å². The fourth-order valence-corrected chi connectivity index (χ4v) is 3.45. The van der Waals surface area contributed by atoms with E-state index in [0.29, 0.717) is 10.2 Å². The number of hydrogen-bond donors (Lipinski definition) is 0. The molecule has 0 atom stereocenters. The Balaban J connectivity index is 1.93. The van der Waals surface area contributed by atoms with Crippen molar-refractivity contribution in [2.24, 2.45) is 0 Å². The van der Waals surface area contributed by atoms with Gasteiger partial charge in [0.15, 0.2) is 5.69 Å². The van der Waals surface area contributed by atoms with Crippen LogP contribution < -0.4 is 0 Å². The second-order valence-corrected chi connectivity index (χ2v) is 6.87. The molecule has 0 aliphatic heterocycles. The Labute approximate surface area is 169 Å². The number of rotatable bonds is 5. The maximum absolute atomic E-state index is 13.5. The lowest BCUT2D eigenvalue weighted by atomic mass is 10.1. The van der Waals surface area contributed by atoms with Gasteiger partial charge in [-0.15, -0.1) is 11.3 Å². The van der Waals surface area contributed by atoms with Crippen LogP contribution in [-0.4, -0.2) is 27.3 Å². The third-order valence-corrected chi connectivity index (χ3v) is 4.76. The van der Waals surface area contributed by atoms with E-state index in [4.69, 9.17) is 0 Å². The maximum Gasteiger partial charge on any atom is 0.434 e. The Bertz CT molecular complexity index is 1050. The molecule has 0 aliphatic rings. The molecule has 160 valence electrons. The zero-order valence-electron chi connectivity index (χ0n) is 15.2. The van der Waals surface area contributed by atoms with Crippen LogP contribution in [0.1, 0.15) is 39.8 Å². The molecular weight excluding hydrogens is 436 g/mol. The highest BCUT2D eigenvalue weighted by atomic mass is 32.1. The van der Waals surface area contributed by atoms with Crippen LogP contribution in [0.15, 0.2) is 35.8 Å². The van der Waals surface area contributed by atoms with Gasteiger partial charge in [0.25, 0.3) is 0 Å². The van der Waals surface area contributed by atoms with Gasteiger partial charge < -0.3 is 4.74 Å². The van der Waals surface area contributed by atoms with Crippen molar-refractivity contribution >= 4 is 17.3 Å². The Kier molecular flexibility index (Phi) is 5.88. The van der Waals surface area contributed by atoms with Gasteiger partial charge in [0, 0.05) is 11.8 Å².